The van der Waals surface area contributed by atoms with Crippen LogP contribution in [0.4, 0.5) is 14.5 Å². The van der Waals surface area contributed by atoms with E-state index in [9.17, 15) is 18.9 Å². The summed E-state index contributed by atoms with van der Waals surface area (Å²) in [4.78, 5) is 12.3. The summed E-state index contributed by atoms with van der Waals surface area (Å²) in [5.74, 6) is -0.798. The minimum absolute atomic E-state index is 0.576. The molecule has 0 unspecified atom stereocenters. The predicted molar refractivity (Wildman–Crippen MR) is 42.2 cm³/mol. The number of nitro groups is 1. The van der Waals surface area contributed by atoms with Gasteiger partial charge in [-0.2, -0.15) is 5.26 Å². The van der Waals surface area contributed by atoms with Crippen LogP contribution in [0.1, 0.15) is 17.7 Å². The highest BCUT2D eigenvalue weighted by molar-refractivity contribution is 5.58. The van der Waals surface area contributed by atoms with Crippen molar-refractivity contribution < 1.29 is 18.8 Å². The van der Waals surface area contributed by atoms with Gasteiger partial charge in [0.05, 0.1) is 11.1 Å². The first-order chi connectivity index (χ1) is 6.99. The van der Waals surface area contributed by atoms with Crippen molar-refractivity contribution in [3.8, 4) is 11.8 Å². The highest BCUT2D eigenvalue weighted by Crippen LogP contribution is 2.33. The first kappa shape index (κ1) is 10.8. The summed E-state index contributed by atoms with van der Waals surface area (Å²) >= 11 is 0. The maximum absolute atomic E-state index is 12.3. The summed E-state index contributed by atoms with van der Waals surface area (Å²) in [6.07, 6.45) is -2.61. The Morgan fingerprint density at radius 3 is 2.67 bits per heavy atom. The van der Waals surface area contributed by atoms with E-state index < -0.39 is 34.0 Å². The van der Waals surface area contributed by atoms with E-state index >= 15 is 0 Å². The predicted octanol–water partition coefficient (Wildman–Crippen LogP) is 1.50. The molecule has 0 aliphatic heterocycles. The third-order valence-corrected chi connectivity index (χ3v) is 1.56. The minimum atomic E-state index is -3.18. The summed E-state index contributed by atoms with van der Waals surface area (Å²) < 4.78 is 24.6. The maximum atomic E-state index is 12.3. The van der Waals surface area contributed by atoms with Crippen molar-refractivity contribution in [2.75, 3.05) is 0 Å². The van der Waals surface area contributed by atoms with Crippen LogP contribution in [0, 0.1) is 21.4 Å². The molecule has 1 heterocycles. The smallest absolute Gasteiger partial charge is 0.318 e. The van der Waals surface area contributed by atoms with E-state index in [-0.39, 0.29) is 0 Å². The quantitative estimate of drug-likeness (QED) is 0.595. The monoisotopic (exact) mass is 215 g/mol. The number of nitrogens with zero attached hydrogens (tertiary/aromatic N) is 3. The first-order valence-corrected chi connectivity index (χ1v) is 3.53. The van der Waals surface area contributed by atoms with Gasteiger partial charge in [-0.05, 0) is 0 Å². The van der Waals surface area contributed by atoms with Gasteiger partial charge < -0.3 is 5.11 Å². The average molecular weight is 215 g/mol. The molecule has 8 heteroatoms. The van der Waals surface area contributed by atoms with E-state index in [1.807, 2.05) is 0 Å². The standard InChI is InChI=1S/C7H3F2N3O3/c8-7(9)5-6(12(14)15)3(1-10)4(13)2-11-5/h2,7,13H. The Labute approximate surface area is 81.6 Å². The molecule has 0 aromatic carbocycles. The fourth-order valence-electron chi connectivity index (χ4n) is 0.960. The van der Waals surface area contributed by atoms with Crippen molar-refractivity contribution in [2.45, 2.75) is 6.43 Å². The van der Waals surface area contributed by atoms with Gasteiger partial charge in [-0.1, -0.05) is 0 Å². The van der Waals surface area contributed by atoms with Crippen LogP contribution in [0.25, 0.3) is 0 Å². The number of alkyl halides is 2. The Bertz CT molecular complexity index is 456. The number of halogens is 2. The van der Waals surface area contributed by atoms with Gasteiger partial charge in [-0.3, -0.25) is 10.1 Å². The Hall–Kier alpha value is -2.30. The highest BCUT2D eigenvalue weighted by Gasteiger charge is 2.29. The van der Waals surface area contributed by atoms with E-state index in [4.69, 9.17) is 10.4 Å². The van der Waals surface area contributed by atoms with E-state index in [0.717, 1.165) is 0 Å². The van der Waals surface area contributed by atoms with Crippen LogP contribution in [0.3, 0.4) is 0 Å². The number of pyridine rings is 1. The fourth-order valence-corrected chi connectivity index (χ4v) is 0.960. The van der Waals surface area contributed by atoms with Crippen molar-refractivity contribution >= 4 is 5.69 Å². The van der Waals surface area contributed by atoms with Crippen LogP contribution in [0.2, 0.25) is 0 Å². The second-order valence-corrected chi connectivity index (χ2v) is 2.42. The van der Waals surface area contributed by atoms with Crippen molar-refractivity contribution in [1.29, 1.82) is 5.26 Å². The van der Waals surface area contributed by atoms with Crippen LogP contribution in [-0.4, -0.2) is 15.0 Å². The second kappa shape index (κ2) is 3.83. The molecule has 15 heavy (non-hydrogen) atoms. The topological polar surface area (TPSA) is 100 Å². The van der Waals surface area contributed by atoms with E-state index in [1.54, 1.807) is 0 Å². The van der Waals surface area contributed by atoms with Gasteiger partial charge in [0.15, 0.2) is 17.0 Å². The Morgan fingerprint density at radius 2 is 2.27 bits per heavy atom. The van der Waals surface area contributed by atoms with Gasteiger partial charge in [-0.25, -0.2) is 13.8 Å². The molecule has 1 N–H and O–H groups in total. The fraction of sp³-hybridized carbons (Fsp3) is 0.143. The zero-order chi connectivity index (χ0) is 11.6. The lowest BCUT2D eigenvalue weighted by molar-refractivity contribution is -0.387. The normalized spacial score (nSPS) is 10.0. The molecule has 1 aromatic rings. The average Bonchev–Trinajstić information content (AvgIpc) is 2.16. The Morgan fingerprint density at radius 1 is 1.67 bits per heavy atom. The molecule has 0 atom stereocenters. The molecular weight excluding hydrogens is 212 g/mol. The number of rotatable bonds is 2. The number of aromatic hydroxyl groups is 1. The zero-order valence-electron chi connectivity index (χ0n) is 7.02. The third-order valence-electron chi connectivity index (χ3n) is 1.56. The lowest BCUT2D eigenvalue weighted by atomic mass is 10.2. The Kier molecular flexibility index (Phi) is 2.75. The van der Waals surface area contributed by atoms with Crippen molar-refractivity contribution in [2.24, 2.45) is 0 Å². The van der Waals surface area contributed by atoms with E-state index in [1.165, 1.54) is 6.07 Å². The van der Waals surface area contributed by atoms with Gasteiger partial charge in [-0.15, -0.1) is 0 Å². The second-order valence-electron chi connectivity index (χ2n) is 2.42. The molecule has 0 bridgehead atoms. The molecule has 1 rings (SSSR count). The lowest BCUT2D eigenvalue weighted by Crippen LogP contribution is -2.02. The molecule has 0 aliphatic carbocycles. The van der Waals surface area contributed by atoms with Crippen molar-refractivity contribution in [3.05, 3.63) is 27.6 Å². The molecule has 0 saturated carbocycles. The molecular formula is C7H3F2N3O3. The lowest BCUT2D eigenvalue weighted by Gasteiger charge is -2.02. The number of hydrogen-bond donors (Lipinski definition) is 1. The van der Waals surface area contributed by atoms with Gasteiger partial charge in [0, 0.05) is 0 Å². The zero-order valence-corrected chi connectivity index (χ0v) is 7.02. The van der Waals surface area contributed by atoms with Crippen LogP contribution < -0.4 is 0 Å². The molecule has 0 spiro atoms. The molecule has 0 fully saturated rings. The summed E-state index contributed by atoms with van der Waals surface area (Å²) in [6.45, 7) is 0. The first-order valence-electron chi connectivity index (χ1n) is 3.53. The van der Waals surface area contributed by atoms with Crippen LogP contribution in [0.15, 0.2) is 6.20 Å². The van der Waals surface area contributed by atoms with Crippen LogP contribution >= 0.6 is 0 Å². The molecule has 0 aliphatic rings. The van der Waals surface area contributed by atoms with Crippen LogP contribution in [-0.2, 0) is 0 Å². The molecule has 6 nitrogen and oxygen atoms in total. The third kappa shape index (κ3) is 1.80. The van der Waals surface area contributed by atoms with Gasteiger partial charge in [0.1, 0.15) is 6.07 Å². The van der Waals surface area contributed by atoms with Crippen LogP contribution in [0.5, 0.6) is 5.75 Å². The van der Waals surface area contributed by atoms with Gasteiger partial charge in [0.2, 0.25) is 0 Å². The SMILES string of the molecule is N#Cc1c(O)cnc(C(F)F)c1[N+](=O)[O-]. The van der Waals surface area contributed by atoms with E-state index in [0.29, 0.717) is 6.20 Å². The van der Waals surface area contributed by atoms with Crippen molar-refractivity contribution in [1.82, 2.24) is 4.98 Å². The molecule has 0 radical (unpaired) electrons. The van der Waals surface area contributed by atoms with Gasteiger partial charge in [0.25, 0.3) is 6.43 Å². The number of hydrogen-bond acceptors (Lipinski definition) is 5. The highest BCUT2D eigenvalue weighted by atomic mass is 19.3. The maximum Gasteiger partial charge on any atom is 0.318 e. The Balaban J connectivity index is 3.58. The largest absolute Gasteiger partial charge is 0.505 e. The summed E-state index contributed by atoms with van der Waals surface area (Å²) in [5.41, 5.74) is -3.10. The summed E-state index contributed by atoms with van der Waals surface area (Å²) in [7, 11) is 0. The minimum Gasteiger partial charge on any atom is -0.505 e. The van der Waals surface area contributed by atoms with Gasteiger partial charge >= 0.3 is 5.69 Å². The summed E-state index contributed by atoms with van der Waals surface area (Å²) in [5, 5.41) is 27.9. The number of nitriles is 1. The molecule has 0 saturated heterocycles. The number of aromatic nitrogens is 1. The molecule has 1 aromatic heterocycles. The molecule has 78 valence electrons. The summed E-state index contributed by atoms with van der Waals surface area (Å²) in [6, 6.07) is 1.28. The van der Waals surface area contributed by atoms with Crippen molar-refractivity contribution in [3.63, 3.8) is 0 Å². The molecule has 0 amide bonds. The van der Waals surface area contributed by atoms with E-state index in [2.05, 4.69) is 4.98 Å².